The molecular weight excluding hydrogens is 414 g/mol. The van der Waals surface area contributed by atoms with Crippen molar-refractivity contribution in [3.8, 4) is 0 Å². The molecule has 2 saturated heterocycles. The van der Waals surface area contributed by atoms with Gasteiger partial charge in [0.1, 0.15) is 22.6 Å². The average molecular weight is 446 g/mol. The van der Waals surface area contributed by atoms with E-state index in [0.717, 1.165) is 54.8 Å². The predicted molar refractivity (Wildman–Crippen MR) is 121 cm³/mol. The SMILES string of the molecule is CC(C)(C)OC(=O)N1CCC[C@H](C(=O)N[C@H]2CCCN(c3ncnc4sccc34)C2)C1. The molecule has 0 aliphatic carbocycles. The van der Waals surface area contributed by atoms with Crippen LogP contribution in [0.1, 0.15) is 46.5 Å². The Morgan fingerprint density at radius 2 is 1.97 bits per heavy atom. The Labute approximate surface area is 187 Å². The Bertz CT molecular complexity index is 941. The van der Waals surface area contributed by atoms with Crippen molar-refractivity contribution in [2.75, 3.05) is 31.1 Å². The van der Waals surface area contributed by atoms with E-state index in [0.29, 0.717) is 13.1 Å². The third-order valence-corrected chi connectivity index (χ3v) is 6.57. The Kier molecular flexibility index (Phi) is 6.31. The number of anilines is 1. The molecule has 2 aromatic rings. The van der Waals surface area contributed by atoms with E-state index in [1.54, 1.807) is 22.6 Å². The van der Waals surface area contributed by atoms with Crippen LogP contribution < -0.4 is 10.2 Å². The highest BCUT2D eigenvalue weighted by Crippen LogP contribution is 2.29. The molecule has 0 unspecified atom stereocenters. The zero-order valence-corrected chi connectivity index (χ0v) is 19.3. The minimum atomic E-state index is -0.535. The van der Waals surface area contributed by atoms with E-state index in [4.69, 9.17) is 4.74 Å². The van der Waals surface area contributed by atoms with Gasteiger partial charge in [-0.1, -0.05) is 0 Å². The van der Waals surface area contributed by atoms with Gasteiger partial charge in [0.2, 0.25) is 5.91 Å². The lowest BCUT2D eigenvalue weighted by Crippen LogP contribution is -2.52. The quantitative estimate of drug-likeness (QED) is 0.779. The number of thiophene rings is 1. The summed E-state index contributed by atoms with van der Waals surface area (Å²) in [6, 6.07) is 2.13. The summed E-state index contributed by atoms with van der Waals surface area (Å²) >= 11 is 1.61. The zero-order chi connectivity index (χ0) is 22.0. The van der Waals surface area contributed by atoms with Crippen molar-refractivity contribution in [3.05, 3.63) is 17.8 Å². The minimum absolute atomic E-state index is 0.0310. The summed E-state index contributed by atoms with van der Waals surface area (Å²) in [4.78, 5) is 39.2. The summed E-state index contributed by atoms with van der Waals surface area (Å²) in [7, 11) is 0. The number of nitrogens with one attached hydrogen (secondary N) is 1. The van der Waals surface area contributed by atoms with E-state index in [1.165, 1.54) is 0 Å². The van der Waals surface area contributed by atoms with E-state index in [-0.39, 0.29) is 24.0 Å². The second kappa shape index (κ2) is 8.98. The Morgan fingerprint density at radius 1 is 1.16 bits per heavy atom. The summed E-state index contributed by atoms with van der Waals surface area (Å²) in [6.07, 6.45) is 4.83. The molecule has 31 heavy (non-hydrogen) atoms. The van der Waals surface area contributed by atoms with E-state index in [2.05, 4.69) is 26.3 Å². The van der Waals surface area contributed by atoms with Gasteiger partial charge < -0.3 is 19.9 Å². The molecule has 2 atom stereocenters. The van der Waals surface area contributed by atoms with Gasteiger partial charge in [-0.15, -0.1) is 11.3 Å². The standard InChI is InChI=1S/C22H31N5O3S/c1-22(2,3)30-21(29)27-10-4-6-15(12-27)19(28)25-16-7-5-9-26(13-16)18-17-8-11-31-20(17)24-14-23-18/h8,11,14-16H,4-7,9-10,12-13H2,1-3H3,(H,25,28)/t15-,16-/m0/s1. The van der Waals surface area contributed by atoms with Crippen molar-refractivity contribution in [2.45, 2.75) is 58.1 Å². The number of nitrogens with zero attached hydrogens (tertiary/aromatic N) is 4. The van der Waals surface area contributed by atoms with Gasteiger partial charge in [-0.2, -0.15) is 0 Å². The second-order valence-electron chi connectivity index (χ2n) is 9.40. The Balaban J connectivity index is 1.36. The van der Waals surface area contributed by atoms with Gasteiger partial charge in [-0.25, -0.2) is 14.8 Å². The molecule has 1 N–H and O–H groups in total. The van der Waals surface area contributed by atoms with Crippen LogP contribution in [0.5, 0.6) is 0 Å². The van der Waals surface area contributed by atoms with Gasteiger partial charge >= 0.3 is 6.09 Å². The molecule has 0 saturated carbocycles. The van der Waals surface area contributed by atoms with Crippen LogP contribution in [0.25, 0.3) is 10.2 Å². The third kappa shape index (κ3) is 5.26. The molecule has 4 rings (SSSR count). The summed E-state index contributed by atoms with van der Waals surface area (Å²) in [6.45, 7) is 8.28. The van der Waals surface area contributed by atoms with Gasteiger partial charge in [0.25, 0.3) is 0 Å². The van der Waals surface area contributed by atoms with Crippen LogP contribution in [0.3, 0.4) is 0 Å². The number of piperidine rings is 2. The smallest absolute Gasteiger partial charge is 0.410 e. The van der Waals surface area contributed by atoms with Crippen LogP contribution in [-0.4, -0.2) is 64.7 Å². The fourth-order valence-corrected chi connectivity index (χ4v) is 5.05. The van der Waals surface area contributed by atoms with Crippen LogP contribution in [-0.2, 0) is 9.53 Å². The average Bonchev–Trinajstić information content (AvgIpc) is 3.22. The fraction of sp³-hybridized carbons (Fsp3) is 0.636. The molecule has 2 aliphatic rings. The normalized spacial score (nSPS) is 22.4. The topological polar surface area (TPSA) is 87.7 Å². The number of hydrogen-bond donors (Lipinski definition) is 1. The Hall–Kier alpha value is -2.42. The van der Waals surface area contributed by atoms with Crippen LogP contribution in [0.4, 0.5) is 10.6 Å². The van der Waals surface area contributed by atoms with E-state index in [1.807, 2.05) is 26.2 Å². The first-order valence-corrected chi connectivity index (χ1v) is 11.9. The number of ether oxygens (including phenoxy) is 1. The monoisotopic (exact) mass is 445 g/mol. The van der Waals surface area contributed by atoms with Gasteiger partial charge in [0.15, 0.2) is 0 Å². The number of likely N-dealkylation sites (tertiary alicyclic amines) is 1. The zero-order valence-electron chi connectivity index (χ0n) is 18.5. The summed E-state index contributed by atoms with van der Waals surface area (Å²) in [5.74, 6) is 0.779. The van der Waals surface area contributed by atoms with Crippen molar-refractivity contribution in [1.29, 1.82) is 0 Å². The third-order valence-electron chi connectivity index (χ3n) is 5.75. The fourth-order valence-electron chi connectivity index (χ4n) is 4.32. The molecule has 8 nitrogen and oxygen atoms in total. The number of rotatable bonds is 3. The summed E-state index contributed by atoms with van der Waals surface area (Å²) < 4.78 is 5.48. The first-order chi connectivity index (χ1) is 14.8. The van der Waals surface area contributed by atoms with Crippen LogP contribution >= 0.6 is 11.3 Å². The highest BCUT2D eigenvalue weighted by atomic mass is 32.1. The maximum atomic E-state index is 13.0. The molecule has 0 spiro atoms. The molecule has 2 amide bonds. The maximum Gasteiger partial charge on any atom is 0.410 e. The molecule has 2 aliphatic heterocycles. The lowest BCUT2D eigenvalue weighted by molar-refractivity contribution is -0.127. The predicted octanol–water partition coefficient (Wildman–Crippen LogP) is 3.42. The van der Waals surface area contributed by atoms with E-state index < -0.39 is 5.60 Å². The van der Waals surface area contributed by atoms with Gasteiger partial charge in [0, 0.05) is 32.2 Å². The first kappa shape index (κ1) is 21.8. The molecule has 9 heteroatoms. The molecule has 0 aromatic carbocycles. The maximum absolute atomic E-state index is 13.0. The highest BCUT2D eigenvalue weighted by Gasteiger charge is 2.32. The van der Waals surface area contributed by atoms with E-state index >= 15 is 0 Å². The van der Waals surface area contributed by atoms with Crippen LogP contribution in [0.2, 0.25) is 0 Å². The number of aromatic nitrogens is 2. The Morgan fingerprint density at radius 3 is 2.77 bits per heavy atom. The van der Waals surface area contributed by atoms with Gasteiger partial charge in [-0.3, -0.25) is 4.79 Å². The molecule has 2 fully saturated rings. The van der Waals surface area contributed by atoms with Crippen molar-refractivity contribution in [3.63, 3.8) is 0 Å². The number of carbonyl (C=O) groups is 2. The van der Waals surface area contributed by atoms with Crippen LogP contribution in [0, 0.1) is 5.92 Å². The number of carbonyl (C=O) groups excluding carboxylic acids is 2. The minimum Gasteiger partial charge on any atom is -0.444 e. The number of fused-ring (bicyclic) bond motifs is 1. The molecule has 2 aromatic heterocycles. The van der Waals surface area contributed by atoms with Gasteiger partial charge in [0.05, 0.1) is 11.3 Å². The second-order valence-corrected chi connectivity index (χ2v) is 10.3. The van der Waals surface area contributed by atoms with Crippen LogP contribution in [0.15, 0.2) is 17.8 Å². The van der Waals surface area contributed by atoms with Crippen molar-refractivity contribution in [2.24, 2.45) is 5.92 Å². The summed E-state index contributed by atoms with van der Waals surface area (Å²) in [5, 5.41) is 6.34. The lowest BCUT2D eigenvalue weighted by atomic mass is 9.96. The molecule has 0 bridgehead atoms. The summed E-state index contributed by atoms with van der Waals surface area (Å²) in [5.41, 5.74) is -0.535. The number of amides is 2. The highest BCUT2D eigenvalue weighted by molar-refractivity contribution is 7.16. The lowest BCUT2D eigenvalue weighted by Gasteiger charge is -2.36. The van der Waals surface area contributed by atoms with Crippen molar-refractivity contribution in [1.82, 2.24) is 20.2 Å². The molecule has 168 valence electrons. The largest absolute Gasteiger partial charge is 0.444 e. The molecular formula is C22H31N5O3S. The molecule has 0 radical (unpaired) electrons. The number of hydrogen-bond acceptors (Lipinski definition) is 7. The van der Waals surface area contributed by atoms with Crippen molar-refractivity contribution < 1.29 is 14.3 Å². The van der Waals surface area contributed by atoms with Crippen molar-refractivity contribution >= 4 is 39.4 Å². The van der Waals surface area contributed by atoms with E-state index in [9.17, 15) is 9.59 Å². The van der Waals surface area contributed by atoms with Gasteiger partial charge in [-0.05, 0) is 57.9 Å². The first-order valence-electron chi connectivity index (χ1n) is 11.0. The molecule has 4 heterocycles.